The molecule has 0 aliphatic carbocycles. The molecule has 0 radical (unpaired) electrons. The third-order valence-electron chi connectivity index (χ3n) is 2.40. The van der Waals surface area contributed by atoms with Crippen molar-refractivity contribution in [3.63, 3.8) is 0 Å². The molecule has 0 fully saturated rings. The first kappa shape index (κ1) is 16.7. The Kier molecular flexibility index (Phi) is 8.63. The number of aryl methyl sites for hydroxylation is 1. The van der Waals surface area contributed by atoms with Crippen molar-refractivity contribution in [2.24, 2.45) is 5.92 Å². The van der Waals surface area contributed by atoms with Crippen LogP contribution in [-0.4, -0.2) is 71.0 Å². The Bertz CT molecular complexity index is 350. The summed E-state index contributed by atoms with van der Waals surface area (Å²) in [7, 11) is 0. The van der Waals surface area contributed by atoms with Crippen LogP contribution < -0.4 is 0 Å². The zero-order valence-electron chi connectivity index (χ0n) is 8.80. The van der Waals surface area contributed by atoms with Gasteiger partial charge in [-0.3, -0.25) is 9.59 Å². The molecule has 90 valence electrons. The number of carboxylic acids is 2. The van der Waals surface area contributed by atoms with Gasteiger partial charge in [0.25, 0.3) is 0 Å². The van der Waals surface area contributed by atoms with Gasteiger partial charge in [0.15, 0.2) is 5.92 Å². The summed E-state index contributed by atoms with van der Waals surface area (Å²) in [5, 5.41) is 17.3. The van der Waals surface area contributed by atoms with E-state index in [0.717, 1.165) is 5.56 Å². The van der Waals surface area contributed by atoms with Crippen LogP contribution in [0.25, 0.3) is 0 Å². The summed E-state index contributed by atoms with van der Waals surface area (Å²) in [6, 6.07) is 9.59. The first-order chi connectivity index (χ1) is 7.61. The molecule has 0 amide bonds. The molecule has 0 unspecified atom stereocenters. The van der Waals surface area contributed by atoms with Crippen LogP contribution in [0.1, 0.15) is 18.4 Å². The molecule has 0 spiro atoms. The number of carboxylic acid groups (broad SMARTS) is 2. The molecule has 2 N–H and O–H groups in total. The van der Waals surface area contributed by atoms with E-state index in [1.54, 1.807) is 0 Å². The zero-order chi connectivity index (χ0) is 12.0. The predicted molar refractivity (Wildman–Crippen MR) is 66.7 cm³/mol. The van der Waals surface area contributed by atoms with E-state index in [0.29, 0.717) is 12.8 Å². The van der Waals surface area contributed by atoms with Crippen LogP contribution >= 0.6 is 0 Å². The van der Waals surface area contributed by atoms with Crippen LogP contribution in [0.2, 0.25) is 0 Å². The fourth-order valence-electron chi connectivity index (χ4n) is 1.51. The number of benzene rings is 1. The number of hydrogen-bond donors (Lipinski definition) is 2. The van der Waals surface area contributed by atoms with Gasteiger partial charge in [0, 0.05) is 0 Å². The van der Waals surface area contributed by atoms with Gasteiger partial charge in [-0.2, -0.15) is 0 Å². The first-order valence-electron chi connectivity index (χ1n) is 5.11. The molecule has 17 heavy (non-hydrogen) atoms. The van der Waals surface area contributed by atoms with E-state index in [9.17, 15) is 9.59 Å². The average Bonchev–Trinajstić information content (AvgIpc) is 2.24. The molecule has 1 rings (SSSR count). The third kappa shape index (κ3) is 6.28. The second kappa shape index (κ2) is 8.77. The Morgan fingerprint density at radius 2 is 1.59 bits per heavy atom. The molecule has 0 aliphatic rings. The number of hydrogen-bond acceptors (Lipinski definition) is 2. The Morgan fingerprint density at radius 3 is 2.06 bits per heavy atom. The molecule has 0 heterocycles. The quantitative estimate of drug-likeness (QED) is 0.583. The van der Waals surface area contributed by atoms with Gasteiger partial charge in [-0.1, -0.05) is 30.3 Å². The normalized spacial score (nSPS) is 9.71. The zero-order valence-corrected chi connectivity index (χ0v) is 8.80. The topological polar surface area (TPSA) is 74.6 Å². The summed E-state index contributed by atoms with van der Waals surface area (Å²) in [6.07, 6.45) is 1.44. The van der Waals surface area contributed by atoms with Gasteiger partial charge in [0.2, 0.25) is 0 Å². The Hall–Kier alpha value is -0.269. The van der Waals surface area contributed by atoms with Crippen LogP contribution in [0, 0.1) is 5.92 Å². The van der Waals surface area contributed by atoms with Crippen LogP contribution in [0.5, 0.6) is 0 Å². The second-order valence-electron chi connectivity index (χ2n) is 3.61. The third-order valence-corrected chi connectivity index (χ3v) is 2.40. The fourth-order valence-corrected chi connectivity index (χ4v) is 1.51. The van der Waals surface area contributed by atoms with Gasteiger partial charge >= 0.3 is 60.8 Å². The monoisotopic (exact) mass is 362 g/mol. The van der Waals surface area contributed by atoms with Crippen LogP contribution in [-0.2, 0) is 16.0 Å². The minimum absolute atomic E-state index is 0. The Balaban J connectivity index is 0.00000256. The van der Waals surface area contributed by atoms with E-state index in [2.05, 4.69) is 0 Å². The standard InChI is InChI=1S/C12H14O4.Ba.2H/c13-11(14)10(12(15)16)8-4-7-9-5-2-1-3-6-9;;;/h1-3,5-6,10H,4,7-8H2,(H,13,14)(H,15,16);;;. The maximum atomic E-state index is 10.6. The van der Waals surface area contributed by atoms with Crippen molar-refractivity contribution in [2.75, 3.05) is 0 Å². The molecule has 0 aliphatic heterocycles. The van der Waals surface area contributed by atoms with Crippen molar-refractivity contribution in [1.29, 1.82) is 0 Å². The molecular weight excluding hydrogens is 345 g/mol. The van der Waals surface area contributed by atoms with Crippen molar-refractivity contribution < 1.29 is 19.8 Å². The molecule has 0 bridgehead atoms. The van der Waals surface area contributed by atoms with E-state index in [4.69, 9.17) is 10.2 Å². The van der Waals surface area contributed by atoms with E-state index >= 15 is 0 Å². The summed E-state index contributed by atoms with van der Waals surface area (Å²) in [5.41, 5.74) is 1.09. The van der Waals surface area contributed by atoms with Crippen molar-refractivity contribution in [1.82, 2.24) is 0 Å². The molecule has 0 saturated carbocycles. The van der Waals surface area contributed by atoms with Gasteiger partial charge in [-0.15, -0.1) is 0 Å². The van der Waals surface area contributed by atoms with Crippen molar-refractivity contribution in [3.8, 4) is 0 Å². The minimum atomic E-state index is -1.29. The molecule has 1 aromatic rings. The molecule has 0 saturated heterocycles. The molecule has 0 atom stereocenters. The van der Waals surface area contributed by atoms with Crippen molar-refractivity contribution in [2.45, 2.75) is 19.3 Å². The number of rotatable bonds is 6. The summed E-state index contributed by atoms with van der Waals surface area (Å²) < 4.78 is 0. The summed E-state index contributed by atoms with van der Waals surface area (Å²) in [6.45, 7) is 0. The van der Waals surface area contributed by atoms with E-state index in [1.165, 1.54) is 0 Å². The number of aliphatic carboxylic acids is 2. The molecule has 5 heteroatoms. The number of carbonyl (C=O) groups is 2. The maximum absolute atomic E-state index is 10.6. The SMILES string of the molecule is O=C(O)C(CCCc1ccccc1)C(=O)O.[BaH2]. The second-order valence-corrected chi connectivity index (χ2v) is 3.61. The Labute approximate surface area is 140 Å². The van der Waals surface area contributed by atoms with E-state index in [-0.39, 0.29) is 55.3 Å². The molecular formula is C12H16BaO4. The van der Waals surface area contributed by atoms with Gasteiger partial charge in [-0.25, -0.2) is 0 Å². The first-order valence-corrected chi connectivity index (χ1v) is 5.11. The molecule has 4 nitrogen and oxygen atoms in total. The van der Waals surface area contributed by atoms with E-state index < -0.39 is 17.9 Å². The summed E-state index contributed by atoms with van der Waals surface area (Å²) >= 11 is 0. The average molecular weight is 362 g/mol. The van der Waals surface area contributed by atoms with Crippen LogP contribution in [0.3, 0.4) is 0 Å². The van der Waals surface area contributed by atoms with Crippen LogP contribution in [0.4, 0.5) is 0 Å². The van der Waals surface area contributed by atoms with Crippen molar-refractivity contribution >= 4 is 60.8 Å². The molecule has 0 aromatic heterocycles. The molecule has 1 aromatic carbocycles. The predicted octanol–water partition coefficient (Wildman–Crippen LogP) is 0.879. The van der Waals surface area contributed by atoms with Crippen molar-refractivity contribution in [3.05, 3.63) is 35.9 Å². The summed E-state index contributed by atoms with van der Waals surface area (Å²) in [4.78, 5) is 21.2. The van der Waals surface area contributed by atoms with Gasteiger partial charge < -0.3 is 10.2 Å². The summed E-state index contributed by atoms with van der Waals surface area (Å²) in [5.74, 6) is -3.81. The van der Waals surface area contributed by atoms with Gasteiger partial charge in [0.05, 0.1) is 0 Å². The van der Waals surface area contributed by atoms with Crippen LogP contribution in [0.15, 0.2) is 30.3 Å². The fraction of sp³-hybridized carbons (Fsp3) is 0.333. The van der Waals surface area contributed by atoms with E-state index in [1.807, 2.05) is 30.3 Å². The van der Waals surface area contributed by atoms with Gasteiger partial charge in [-0.05, 0) is 24.8 Å². The van der Waals surface area contributed by atoms with Gasteiger partial charge in [0.1, 0.15) is 0 Å². The Morgan fingerprint density at radius 1 is 1.06 bits per heavy atom.